The van der Waals surface area contributed by atoms with Crippen molar-refractivity contribution in [2.45, 2.75) is 26.8 Å². The third kappa shape index (κ3) is 4.16. The van der Waals surface area contributed by atoms with Gasteiger partial charge in [0.15, 0.2) is 0 Å². The Kier molecular flexibility index (Phi) is 6.01. The number of fused-ring (bicyclic) bond motifs is 1. The number of rotatable bonds is 6. The minimum Gasteiger partial charge on any atom is -0.497 e. The van der Waals surface area contributed by atoms with Crippen LogP contribution in [0.25, 0.3) is 10.9 Å². The van der Waals surface area contributed by atoms with Crippen LogP contribution in [0.15, 0.2) is 53.3 Å². The van der Waals surface area contributed by atoms with E-state index in [0.29, 0.717) is 34.6 Å². The van der Waals surface area contributed by atoms with Crippen LogP contribution in [0.2, 0.25) is 0 Å². The first-order valence-corrected chi connectivity index (χ1v) is 9.74. The highest BCUT2D eigenvalue weighted by Gasteiger charge is 2.27. The summed E-state index contributed by atoms with van der Waals surface area (Å²) in [6.45, 7) is 6.58. The Hall–Kier alpha value is -3.15. The summed E-state index contributed by atoms with van der Waals surface area (Å²) < 4.78 is 6.81. The van der Waals surface area contributed by atoms with Crippen molar-refractivity contribution in [2.24, 2.45) is 13.0 Å². The summed E-state index contributed by atoms with van der Waals surface area (Å²) in [4.78, 5) is 32.7. The SMILES string of the molecule is COc1cccc(C(=O)N(CC(C)C)C(C)c2nc3ccccc3c(=O)n2C)c1. The zero-order valence-electron chi connectivity index (χ0n) is 17.5. The number of methoxy groups -OCH3 is 1. The number of benzene rings is 2. The molecule has 0 fully saturated rings. The summed E-state index contributed by atoms with van der Waals surface area (Å²) in [5, 5.41) is 0.570. The van der Waals surface area contributed by atoms with Crippen molar-refractivity contribution in [3.05, 3.63) is 70.3 Å². The largest absolute Gasteiger partial charge is 0.497 e. The molecule has 1 amide bonds. The van der Waals surface area contributed by atoms with Crippen molar-refractivity contribution < 1.29 is 9.53 Å². The van der Waals surface area contributed by atoms with Gasteiger partial charge >= 0.3 is 0 Å². The minimum atomic E-state index is -0.376. The van der Waals surface area contributed by atoms with Crippen LogP contribution in [0.4, 0.5) is 0 Å². The first-order chi connectivity index (χ1) is 13.8. The highest BCUT2D eigenvalue weighted by Crippen LogP contribution is 2.24. The molecular weight excluding hydrogens is 366 g/mol. The van der Waals surface area contributed by atoms with Crippen molar-refractivity contribution in [1.29, 1.82) is 0 Å². The molecule has 1 atom stereocenters. The van der Waals surface area contributed by atoms with Crippen molar-refractivity contribution in [3.8, 4) is 5.75 Å². The maximum Gasteiger partial charge on any atom is 0.261 e. The van der Waals surface area contributed by atoms with Crippen molar-refractivity contribution in [3.63, 3.8) is 0 Å². The Morgan fingerprint density at radius 3 is 2.55 bits per heavy atom. The number of hydrogen-bond donors (Lipinski definition) is 0. The lowest BCUT2D eigenvalue weighted by Gasteiger charge is -2.31. The lowest BCUT2D eigenvalue weighted by Crippen LogP contribution is -2.39. The van der Waals surface area contributed by atoms with E-state index >= 15 is 0 Å². The molecule has 0 saturated heterocycles. The average molecular weight is 393 g/mol. The van der Waals surface area contributed by atoms with Crippen LogP contribution in [0.1, 0.15) is 43.0 Å². The van der Waals surface area contributed by atoms with Crippen LogP contribution in [0.5, 0.6) is 5.75 Å². The predicted octanol–water partition coefficient (Wildman–Crippen LogP) is 3.80. The Bertz CT molecular complexity index is 1090. The molecule has 1 heterocycles. The van der Waals surface area contributed by atoms with Crippen LogP contribution < -0.4 is 10.3 Å². The second kappa shape index (κ2) is 8.47. The average Bonchev–Trinajstić information content (AvgIpc) is 2.73. The fraction of sp³-hybridized carbons (Fsp3) is 0.348. The molecule has 3 rings (SSSR count). The second-order valence-electron chi connectivity index (χ2n) is 7.61. The second-order valence-corrected chi connectivity index (χ2v) is 7.61. The van der Waals surface area contributed by atoms with Gasteiger partial charge in [0.05, 0.1) is 24.1 Å². The van der Waals surface area contributed by atoms with E-state index < -0.39 is 0 Å². The van der Waals surface area contributed by atoms with Gasteiger partial charge in [-0.05, 0) is 43.2 Å². The summed E-state index contributed by atoms with van der Waals surface area (Å²) in [6, 6.07) is 14.0. The number of carbonyl (C=O) groups excluding carboxylic acids is 1. The smallest absolute Gasteiger partial charge is 0.261 e. The van der Waals surface area contributed by atoms with Crippen LogP contribution in [-0.4, -0.2) is 34.0 Å². The fourth-order valence-corrected chi connectivity index (χ4v) is 3.48. The Morgan fingerprint density at radius 1 is 1.14 bits per heavy atom. The van der Waals surface area contributed by atoms with Gasteiger partial charge in [0, 0.05) is 19.2 Å². The van der Waals surface area contributed by atoms with E-state index in [2.05, 4.69) is 13.8 Å². The molecule has 29 heavy (non-hydrogen) atoms. The molecule has 0 saturated carbocycles. The first-order valence-electron chi connectivity index (χ1n) is 9.74. The van der Waals surface area contributed by atoms with Gasteiger partial charge in [-0.1, -0.05) is 32.0 Å². The number of hydrogen-bond acceptors (Lipinski definition) is 4. The standard InChI is InChI=1S/C23H27N3O3/c1-15(2)14-26(22(27)17-9-8-10-18(13-17)29-5)16(3)21-24-20-12-7-6-11-19(20)23(28)25(21)4/h6-13,15-16H,14H2,1-5H3. The summed E-state index contributed by atoms with van der Waals surface area (Å²) >= 11 is 0. The first kappa shape index (κ1) is 20.6. The highest BCUT2D eigenvalue weighted by molar-refractivity contribution is 5.95. The fourth-order valence-electron chi connectivity index (χ4n) is 3.48. The number of amides is 1. The molecule has 1 aromatic heterocycles. The molecule has 6 heteroatoms. The maximum absolute atomic E-state index is 13.4. The van der Waals surface area contributed by atoms with Crippen molar-refractivity contribution in [2.75, 3.05) is 13.7 Å². The molecule has 1 unspecified atom stereocenters. The third-order valence-corrected chi connectivity index (χ3v) is 5.00. The number of carbonyl (C=O) groups is 1. The van der Waals surface area contributed by atoms with E-state index in [9.17, 15) is 9.59 Å². The molecule has 0 bridgehead atoms. The van der Waals surface area contributed by atoms with E-state index in [1.165, 1.54) is 0 Å². The molecule has 0 radical (unpaired) electrons. The Balaban J connectivity index is 2.07. The zero-order valence-corrected chi connectivity index (χ0v) is 17.5. The summed E-state index contributed by atoms with van der Waals surface area (Å²) in [7, 11) is 3.28. The lowest BCUT2D eigenvalue weighted by atomic mass is 10.1. The van der Waals surface area contributed by atoms with E-state index in [-0.39, 0.29) is 23.4 Å². The number of aromatic nitrogens is 2. The summed E-state index contributed by atoms with van der Waals surface area (Å²) in [6.07, 6.45) is 0. The van der Waals surface area contributed by atoms with Gasteiger partial charge in [-0.25, -0.2) is 4.98 Å². The van der Waals surface area contributed by atoms with Crippen molar-refractivity contribution >= 4 is 16.8 Å². The Morgan fingerprint density at radius 2 is 1.86 bits per heavy atom. The maximum atomic E-state index is 13.4. The van der Waals surface area contributed by atoms with Crippen LogP contribution in [0, 0.1) is 5.92 Å². The molecule has 0 aliphatic carbocycles. The molecule has 3 aromatic rings. The van der Waals surface area contributed by atoms with Crippen LogP contribution in [-0.2, 0) is 7.05 Å². The van der Waals surface area contributed by atoms with Gasteiger partial charge in [-0.3, -0.25) is 14.2 Å². The number of para-hydroxylation sites is 1. The minimum absolute atomic E-state index is 0.115. The Labute approximate surface area is 170 Å². The molecule has 0 aliphatic rings. The molecule has 2 aromatic carbocycles. The van der Waals surface area contributed by atoms with Gasteiger partial charge in [-0.2, -0.15) is 0 Å². The topological polar surface area (TPSA) is 64.4 Å². The monoisotopic (exact) mass is 393 g/mol. The third-order valence-electron chi connectivity index (χ3n) is 5.00. The normalized spacial score (nSPS) is 12.2. The van der Waals surface area contributed by atoms with Gasteiger partial charge < -0.3 is 9.64 Å². The molecule has 0 N–H and O–H groups in total. The van der Waals surface area contributed by atoms with E-state index in [1.807, 2.05) is 31.2 Å². The molecule has 6 nitrogen and oxygen atoms in total. The van der Waals surface area contributed by atoms with Gasteiger partial charge in [0.1, 0.15) is 11.6 Å². The molecule has 152 valence electrons. The highest BCUT2D eigenvalue weighted by atomic mass is 16.5. The molecule has 0 spiro atoms. The molecule has 0 aliphatic heterocycles. The number of nitrogens with zero attached hydrogens (tertiary/aromatic N) is 3. The van der Waals surface area contributed by atoms with Gasteiger partial charge in [0.2, 0.25) is 0 Å². The van der Waals surface area contributed by atoms with E-state index in [1.54, 1.807) is 47.9 Å². The van der Waals surface area contributed by atoms with Gasteiger partial charge in [0.25, 0.3) is 11.5 Å². The van der Waals surface area contributed by atoms with E-state index in [0.717, 1.165) is 0 Å². The summed E-state index contributed by atoms with van der Waals surface area (Å²) in [5.74, 6) is 1.33. The predicted molar refractivity (Wildman–Crippen MR) is 114 cm³/mol. The summed E-state index contributed by atoms with van der Waals surface area (Å²) in [5.41, 5.74) is 1.06. The van der Waals surface area contributed by atoms with Crippen LogP contribution >= 0.6 is 0 Å². The lowest BCUT2D eigenvalue weighted by molar-refractivity contribution is 0.0653. The van der Waals surface area contributed by atoms with Crippen LogP contribution in [0.3, 0.4) is 0 Å². The molecular formula is C23H27N3O3. The van der Waals surface area contributed by atoms with E-state index in [4.69, 9.17) is 9.72 Å². The zero-order chi connectivity index (χ0) is 21.1. The van der Waals surface area contributed by atoms with Gasteiger partial charge in [-0.15, -0.1) is 0 Å². The number of ether oxygens (including phenoxy) is 1. The quantitative estimate of drug-likeness (QED) is 0.639. The van der Waals surface area contributed by atoms with Crippen molar-refractivity contribution in [1.82, 2.24) is 14.5 Å².